The van der Waals surface area contributed by atoms with Crippen LogP contribution in [0.2, 0.25) is 5.02 Å². The highest BCUT2D eigenvalue weighted by Gasteiger charge is 2.14. The predicted octanol–water partition coefficient (Wildman–Crippen LogP) is 3.20. The van der Waals surface area contributed by atoms with E-state index in [1.54, 1.807) is 48.5 Å². The van der Waals surface area contributed by atoms with Crippen LogP contribution in [0.3, 0.4) is 0 Å². The molecular weight excluding hydrogens is 350 g/mol. The maximum Gasteiger partial charge on any atom is 0.354 e. The second kappa shape index (κ2) is 8.25. The molecule has 3 N–H and O–H groups in total. The number of aliphatic hydroxyl groups excluding tert-OH is 1. The first-order valence-electron chi connectivity index (χ1n) is 7.19. The molecule has 128 valence electrons. The normalized spacial score (nSPS) is 13.1. The largest absolute Gasteiger partial charge is 0.395 e. The van der Waals surface area contributed by atoms with Crippen molar-refractivity contribution >= 4 is 33.2 Å². The Hall–Kier alpha value is -1.93. The molecule has 0 saturated carbocycles. The van der Waals surface area contributed by atoms with Crippen molar-refractivity contribution in [2.24, 2.45) is 4.36 Å². The molecule has 0 spiro atoms. The number of benzene rings is 2. The van der Waals surface area contributed by atoms with Gasteiger partial charge in [-0.05, 0) is 43.3 Å². The number of nitrogens with zero attached hydrogens (tertiary/aromatic N) is 1. The fraction of sp³-hybridized carbons (Fsp3) is 0.188. The molecule has 0 fully saturated rings. The lowest BCUT2D eigenvalue weighted by molar-refractivity contribution is 0.260. The highest BCUT2D eigenvalue weighted by atomic mass is 35.5. The molecular formula is C16H18ClN3O3S. The maximum absolute atomic E-state index is 13.0. The number of urea groups is 1. The molecule has 0 saturated heterocycles. The zero-order valence-electron chi connectivity index (χ0n) is 13.0. The molecule has 2 aromatic carbocycles. The Morgan fingerprint density at radius 1 is 1.17 bits per heavy atom. The van der Waals surface area contributed by atoms with Crippen molar-refractivity contribution < 1.29 is 14.1 Å². The van der Waals surface area contributed by atoms with Crippen LogP contribution >= 0.6 is 11.6 Å². The van der Waals surface area contributed by atoms with Gasteiger partial charge in [-0.3, -0.25) is 0 Å². The molecule has 2 rings (SSSR count). The third-order valence-corrected chi connectivity index (χ3v) is 5.24. The van der Waals surface area contributed by atoms with Gasteiger partial charge in [-0.1, -0.05) is 29.3 Å². The van der Waals surface area contributed by atoms with E-state index in [1.807, 2.05) is 6.92 Å². The molecule has 6 nitrogen and oxygen atoms in total. The molecule has 8 heteroatoms. The SMILES string of the molecule is Cc1ccc(S(=O)(=NC(=O)Nc2ccc(Cl)cc2)NCCO)cc1. The quantitative estimate of drug-likeness (QED) is 0.757. The van der Waals surface area contributed by atoms with Crippen molar-refractivity contribution in [2.45, 2.75) is 11.8 Å². The number of rotatable bonds is 5. The van der Waals surface area contributed by atoms with E-state index in [9.17, 15) is 9.00 Å². The van der Waals surface area contributed by atoms with Crippen molar-refractivity contribution in [3.05, 3.63) is 59.1 Å². The molecule has 0 aliphatic rings. The summed E-state index contributed by atoms with van der Waals surface area (Å²) in [7, 11) is -3.20. The van der Waals surface area contributed by atoms with E-state index in [0.29, 0.717) is 15.6 Å². The second-order valence-electron chi connectivity index (χ2n) is 4.99. The summed E-state index contributed by atoms with van der Waals surface area (Å²) in [5, 5.41) is 12.0. The molecule has 0 aliphatic carbocycles. The number of anilines is 1. The number of hydrogen-bond acceptors (Lipinski definition) is 3. The average molecular weight is 368 g/mol. The zero-order valence-corrected chi connectivity index (χ0v) is 14.6. The summed E-state index contributed by atoms with van der Waals surface area (Å²) in [6, 6.07) is 12.6. The highest BCUT2D eigenvalue weighted by molar-refractivity contribution is 7.92. The minimum absolute atomic E-state index is 0.0461. The predicted molar refractivity (Wildman–Crippen MR) is 95.6 cm³/mol. The molecule has 0 aromatic heterocycles. The van der Waals surface area contributed by atoms with Crippen LogP contribution in [-0.4, -0.2) is 28.5 Å². The molecule has 1 atom stereocenters. The van der Waals surface area contributed by atoms with Crippen LogP contribution in [0, 0.1) is 6.92 Å². The molecule has 1 unspecified atom stereocenters. The summed E-state index contributed by atoms with van der Waals surface area (Å²) in [4.78, 5) is 12.5. The van der Waals surface area contributed by atoms with Gasteiger partial charge in [-0.2, -0.15) is 0 Å². The zero-order chi connectivity index (χ0) is 17.6. The number of aliphatic hydroxyl groups is 1. The Kier molecular flexibility index (Phi) is 6.33. The van der Waals surface area contributed by atoms with Crippen molar-refractivity contribution in [3.8, 4) is 0 Å². The van der Waals surface area contributed by atoms with E-state index in [4.69, 9.17) is 16.7 Å². The second-order valence-corrected chi connectivity index (χ2v) is 7.42. The van der Waals surface area contributed by atoms with E-state index in [2.05, 4.69) is 14.4 Å². The highest BCUT2D eigenvalue weighted by Crippen LogP contribution is 2.16. The van der Waals surface area contributed by atoms with Crippen molar-refractivity contribution in [3.63, 3.8) is 0 Å². The summed E-state index contributed by atoms with van der Waals surface area (Å²) >= 11 is 5.79. The number of carbonyl (C=O) groups is 1. The first-order valence-corrected chi connectivity index (χ1v) is 9.08. The lowest BCUT2D eigenvalue weighted by Crippen LogP contribution is -2.28. The standard InChI is InChI=1S/C16H18ClN3O3S/c1-12-2-8-15(9-3-12)24(23,18-10-11-21)20-16(22)19-14-6-4-13(17)5-7-14/h2-9,21H,10-11H2,1H3,(H2,18,19,20,22,23). The summed E-state index contributed by atoms with van der Waals surface area (Å²) in [5.41, 5.74) is 1.48. The van der Waals surface area contributed by atoms with Gasteiger partial charge in [-0.25, -0.2) is 13.7 Å². The lowest BCUT2D eigenvalue weighted by atomic mass is 10.2. The number of halogens is 1. The van der Waals surface area contributed by atoms with E-state index in [0.717, 1.165) is 5.56 Å². The van der Waals surface area contributed by atoms with Gasteiger partial charge in [0.25, 0.3) is 0 Å². The molecule has 24 heavy (non-hydrogen) atoms. The molecule has 2 amide bonds. The van der Waals surface area contributed by atoms with Crippen LogP contribution in [0.25, 0.3) is 0 Å². The summed E-state index contributed by atoms with van der Waals surface area (Å²) in [6.45, 7) is 1.72. The Labute approximate surface area is 146 Å². The Morgan fingerprint density at radius 2 is 1.79 bits per heavy atom. The van der Waals surface area contributed by atoms with Crippen molar-refractivity contribution in [2.75, 3.05) is 18.5 Å². The van der Waals surface area contributed by atoms with Gasteiger partial charge in [-0.15, -0.1) is 4.36 Å². The van der Waals surface area contributed by atoms with Gasteiger partial charge in [0.15, 0.2) is 0 Å². The molecule has 0 heterocycles. The fourth-order valence-corrected chi connectivity index (χ4v) is 3.49. The minimum Gasteiger partial charge on any atom is -0.395 e. The van der Waals surface area contributed by atoms with Crippen LogP contribution < -0.4 is 10.0 Å². The average Bonchev–Trinajstić information content (AvgIpc) is 2.55. The van der Waals surface area contributed by atoms with Crippen LogP contribution in [0.4, 0.5) is 10.5 Å². The number of amides is 2. The van der Waals surface area contributed by atoms with Gasteiger partial charge in [0.2, 0.25) is 0 Å². The number of carbonyl (C=O) groups excluding carboxylic acids is 1. The first-order chi connectivity index (χ1) is 11.4. The number of nitrogens with one attached hydrogen (secondary N) is 2. The monoisotopic (exact) mass is 367 g/mol. The maximum atomic E-state index is 13.0. The Balaban J connectivity index is 2.30. The van der Waals surface area contributed by atoms with Gasteiger partial charge >= 0.3 is 6.03 Å². The molecule has 2 aromatic rings. The third kappa shape index (κ3) is 5.04. The fourth-order valence-electron chi connectivity index (χ4n) is 1.87. The van der Waals surface area contributed by atoms with Crippen LogP contribution in [0.5, 0.6) is 0 Å². The first kappa shape index (κ1) is 18.4. The smallest absolute Gasteiger partial charge is 0.354 e. The van der Waals surface area contributed by atoms with Gasteiger partial charge < -0.3 is 10.4 Å². The molecule has 0 radical (unpaired) electrons. The van der Waals surface area contributed by atoms with Gasteiger partial charge in [0.05, 0.1) is 11.5 Å². The summed E-state index contributed by atoms with van der Waals surface area (Å²) in [5.74, 6) is 0. The Bertz CT molecular complexity index is 813. The lowest BCUT2D eigenvalue weighted by Gasteiger charge is -2.11. The molecule has 0 bridgehead atoms. The van der Waals surface area contributed by atoms with Gasteiger partial charge in [0, 0.05) is 17.3 Å². The third-order valence-electron chi connectivity index (χ3n) is 3.06. The van der Waals surface area contributed by atoms with E-state index >= 15 is 0 Å². The van der Waals surface area contributed by atoms with E-state index in [-0.39, 0.29) is 13.2 Å². The van der Waals surface area contributed by atoms with Crippen molar-refractivity contribution in [1.29, 1.82) is 0 Å². The van der Waals surface area contributed by atoms with Crippen LogP contribution in [0.15, 0.2) is 57.8 Å². The molecule has 0 aliphatic heterocycles. The number of hydrogen-bond donors (Lipinski definition) is 3. The van der Waals surface area contributed by atoms with Crippen LogP contribution in [0.1, 0.15) is 5.56 Å². The minimum atomic E-state index is -3.20. The van der Waals surface area contributed by atoms with Gasteiger partial charge in [0.1, 0.15) is 9.92 Å². The topological polar surface area (TPSA) is 90.8 Å². The Morgan fingerprint density at radius 3 is 2.38 bits per heavy atom. The summed E-state index contributed by atoms with van der Waals surface area (Å²) < 4.78 is 19.5. The van der Waals surface area contributed by atoms with E-state index in [1.165, 1.54) is 0 Å². The van der Waals surface area contributed by atoms with E-state index < -0.39 is 15.9 Å². The summed E-state index contributed by atoms with van der Waals surface area (Å²) in [6.07, 6.45) is 0. The van der Waals surface area contributed by atoms with Crippen LogP contribution in [-0.2, 0) is 9.92 Å². The number of aryl methyl sites for hydroxylation is 1. The van der Waals surface area contributed by atoms with Crippen molar-refractivity contribution in [1.82, 2.24) is 4.72 Å².